The van der Waals surface area contributed by atoms with Gasteiger partial charge in [0.2, 0.25) is 0 Å². The van der Waals surface area contributed by atoms with Crippen LogP contribution >= 0.6 is 11.3 Å². The van der Waals surface area contributed by atoms with Gasteiger partial charge in [-0.3, -0.25) is 4.79 Å². The Kier molecular flexibility index (Phi) is 3.66. The molecule has 2 N–H and O–H groups in total. The zero-order valence-electron chi connectivity index (χ0n) is 10.6. The lowest BCUT2D eigenvalue weighted by molar-refractivity contribution is 0.336. The van der Waals surface area contributed by atoms with E-state index in [2.05, 4.69) is 16.6 Å². The zero-order valence-corrected chi connectivity index (χ0v) is 12.2. The molecule has 1 heterocycles. The van der Waals surface area contributed by atoms with E-state index in [0.717, 1.165) is 37.0 Å². The second kappa shape index (κ2) is 4.79. The van der Waals surface area contributed by atoms with Gasteiger partial charge in [0.15, 0.2) is 4.21 Å². The molecule has 0 atom stereocenters. The number of thiazole rings is 1. The number of nitrogens with one attached hydrogen (secondary N) is 2. The number of hydrogen-bond donors (Lipinski definition) is 2. The summed E-state index contributed by atoms with van der Waals surface area (Å²) in [7, 11) is -3.56. The fourth-order valence-electron chi connectivity index (χ4n) is 2.39. The van der Waals surface area contributed by atoms with E-state index >= 15 is 0 Å². The lowest BCUT2D eigenvalue weighted by Crippen LogP contribution is -2.34. The van der Waals surface area contributed by atoms with E-state index in [0.29, 0.717) is 12.2 Å². The third kappa shape index (κ3) is 2.84. The van der Waals surface area contributed by atoms with Crippen LogP contribution in [0, 0.1) is 12.3 Å². The fraction of sp³-hybridized carbons (Fsp3) is 0.727. The Balaban J connectivity index is 2.13. The number of H-pyrrole nitrogens is 1. The third-order valence-corrected chi connectivity index (χ3v) is 6.53. The monoisotopic (exact) mass is 290 g/mol. The summed E-state index contributed by atoms with van der Waals surface area (Å²) < 4.78 is 27.0. The molecule has 0 aliphatic heterocycles. The number of aromatic nitrogens is 1. The maximum Gasteiger partial charge on any atom is 0.305 e. The Morgan fingerprint density at radius 3 is 2.50 bits per heavy atom. The predicted molar refractivity (Wildman–Crippen MR) is 71.4 cm³/mol. The zero-order chi connectivity index (χ0) is 13.4. The van der Waals surface area contributed by atoms with Gasteiger partial charge in [-0.25, -0.2) is 13.1 Å². The molecule has 18 heavy (non-hydrogen) atoms. The van der Waals surface area contributed by atoms with Crippen LogP contribution in [0.15, 0.2) is 9.00 Å². The number of sulfonamides is 1. The third-order valence-electron chi connectivity index (χ3n) is 3.52. The van der Waals surface area contributed by atoms with Crippen molar-refractivity contribution in [3.05, 3.63) is 15.4 Å². The molecule has 0 aromatic carbocycles. The fourth-order valence-corrected chi connectivity index (χ4v) is 4.93. The summed E-state index contributed by atoms with van der Waals surface area (Å²) in [5, 5.41) is 0. The number of aryl methyl sites for hydroxylation is 1. The molecule has 102 valence electrons. The standard InChI is InChI=1S/C11H18N2O3S2/c1-8-9(17-10(14)13-8)18(15,16)12-7-11(2)5-3-4-6-11/h12H,3-7H2,1-2H3,(H,13,14). The summed E-state index contributed by atoms with van der Waals surface area (Å²) in [6.45, 7) is 4.15. The lowest BCUT2D eigenvalue weighted by atomic mass is 9.89. The summed E-state index contributed by atoms with van der Waals surface area (Å²) in [6, 6.07) is 0. The smallest absolute Gasteiger partial charge is 0.305 e. The van der Waals surface area contributed by atoms with Crippen molar-refractivity contribution in [3.8, 4) is 0 Å². The highest BCUT2D eigenvalue weighted by molar-refractivity contribution is 7.91. The van der Waals surface area contributed by atoms with Gasteiger partial charge in [-0.1, -0.05) is 31.1 Å². The number of rotatable bonds is 4. The highest BCUT2D eigenvalue weighted by Gasteiger charge is 2.31. The van der Waals surface area contributed by atoms with Crippen molar-refractivity contribution < 1.29 is 8.42 Å². The molecule has 5 nitrogen and oxygen atoms in total. The van der Waals surface area contributed by atoms with Gasteiger partial charge in [-0.2, -0.15) is 0 Å². The molecule has 0 spiro atoms. The van der Waals surface area contributed by atoms with Crippen molar-refractivity contribution in [1.82, 2.24) is 9.71 Å². The first kappa shape index (κ1) is 13.8. The second-order valence-electron chi connectivity index (χ2n) is 5.27. The van der Waals surface area contributed by atoms with Crippen LogP contribution in [0.4, 0.5) is 0 Å². The lowest BCUT2D eigenvalue weighted by Gasteiger charge is -2.23. The van der Waals surface area contributed by atoms with Gasteiger partial charge in [-0.15, -0.1) is 0 Å². The van der Waals surface area contributed by atoms with Crippen LogP contribution < -0.4 is 9.60 Å². The van der Waals surface area contributed by atoms with Crippen LogP contribution in [0.2, 0.25) is 0 Å². The summed E-state index contributed by atoms with van der Waals surface area (Å²) in [5.41, 5.74) is 0.469. The van der Waals surface area contributed by atoms with Crippen LogP contribution in [0.3, 0.4) is 0 Å². The van der Waals surface area contributed by atoms with Crippen molar-refractivity contribution in [2.24, 2.45) is 5.41 Å². The first-order valence-electron chi connectivity index (χ1n) is 6.02. The average Bonchev–Trinajstić information content (AvgIpc) is 2.84. The van der Waals surface area contributed by atoms with Gasteiger partial charge in [0.05, 0.1) is 0 Å². The maximum atomic E-state index is 12.1. The molecular weight excluding hydrogens is 272 g/mol. The van der Waals surface area contributed by atoms with Crippen molar-refractivity contribution in [3.63, 3.8) is 0 Å². The molecule has 1 saturated carbocycles. The SMILES string of the molecule is Cc1[nH]c(=O)sc1S(=O)(=O)NCC1(C)CCCC1. The summed E-state index contributed by atoms with van der Waals surface area (Å²) in [6.07, 6.45) is 4.43. The first-order chi connectivity index (χ1) is 8.32. The largest absolute Gasteiger partial charge is 0.315 e. The molecule has 7 heteroatoms. The molecule has 0 radical (unpaired) electrons. The molecule has 1 aromatic heterocycles. The average molecular weight is 290 g/mol. The summed E-state index contributed by atoms with van der Waals surface area (Å²) >= 11 is 0.741. The molecule has 0 unspecified atom stereocenters. The van der Waals surface area contributed by atoms with Crippen molar-refractivity contribution >= 4 is 21.4 Å². The quantitative estimate of drug-likeness (QED) is 0.884. The molecule has 1 aromatic rings. The van der Waals surface area contributed by atoms with E-state index in [1.54, 1.807) is 6.92 Å². The molecule has 0 saturated heterocycles. The Hall–Kier alpha value is -0.660. The minimum absolute atomic E-state index is 0.0578. The van der Waals surface area contributed by atoms with Gasteiger partial charge in [0.25, 0.3) is 10.0 Å². The number of hydrogen-bond acceptors (Lipinski definition) is 4. The summed E-state index contributed by atoms with van der Waals surface area (Å²) in [4.78, 5) is 13.3. The Morgan fingerprint density at radius 1 is 1.39 bits per heavy atom. The molecule has 1 aliphatic rings. The van der Waals surface area contributed by atoms with Crippen molar-refractivity contribution in [2.45, 2.75) is 43.7 Å². The predicted octanol–water partition coefficient (Wildman–Crippen LogP) is 1.60. The van der Waals surface area contributed by atoms with Gasteiger partial charge in [-0.05, 0) is 25.2 Å². The van der Waals surface area contributed by atoms with Crippen LogP contribution in [-0.4, -0.2) is 19.9 Å². The Labute approximate surface area is 111 Å². The normalized spacial score (nSPS) is 19.2. The summed E-state index contributed by atoms with van der Waals surface area (Å²) in [5.74, 6) is 0. The Morgan fingerprint density at radius 2 is 2.00 bits per heavy atom. The van der Waals surface area contributed by atoms with E-state index < -0.39 is 10.0 Å². The first-order valence-corrected chi connectivity index (χ1v) is 8.32. The Bertz CT molecular complexity index is 580. The minimum Gasteiger partial charge on any atom is -0.315 e. The minimum atomic E-state index is -3.56. The molecule has 2 rings (SSSR count). The molecule has 1 fully saturated rings. The topological polar surface area (TPSA) is 79.0 Å². The second-order valence-corrected chi connectivity index (χ2v) is 8.21. The highest BCUT2D eigenvalue weighted by Crippen LogP contribution is 2.37. The molecular formula is C11H18N2O3S2. The van der Waals surface area contributed by atoms with Gasteiger partial charge >= 0.3 is 4.87 Å². The van der Waals surface area contributed by atoms with Crippen LogP contribution in [0.1, 0.15) is 38.3 Å². The van der Waals surface area contributed by atoms with Crippen molar-refractivity contribution in [2.75, 3.05) is 6.54 Å². The van der Waals surface area contributed by atoms with E-state index in [-0.39, 0.29) is 14.5 Å². The van der Waals surface area contributed by atoms with Crippen LogP contribution in [0.5, 0.6) is 0 Å². The molecule has 0 amide bonds. The molecule has 0 bridgehead atoms. The maximum absolute atomic E-state index is 12.1. The van der Waals surface area contributed by atoms with Gasteiger partial charge in [0, 0.05) is 12.2 Å². The highest BCUT2D eigenvalue weighted by atomic mass is 32.2. The van der Waals surface area contributed by atoms with Crippen LogP contribution in [0.25, 0.3) is 0 Å². The number of aromatic amines is 1. The van der Waals surface area contributed by atoms with E-state index in [1.165, 1.54) is 0 Å². The van der Waals surface area contributed by atoms with Gasteiger partial charge < -0.3 is 4.98 Å². The van der Waals surface area contributed by atoms with E-state index in [1.807, 2.05) is 0 Å². The van der Waals surface area contributed by atoms with Gasteiger partial charge in [0.1, 0.15) is 0 Å². The van der Waals surface area contributed by atoms with E-state index in [4.69, 9.17) is 0 Å². The van der Waals surface area contributed by atoms with Crippen molar-refractivity contribution in [1.29, 1.82) is 0 Å². The van der Waals surface area contributed by atoms with E-state index in [9.17, 15) is 13.2 Å². The molecule has 1 aliphatic carbocycles. The van der Waals surface area contributed by atoms with Crippen LogP contribution in [-0.2, 0) is 10.0 Å².